The third kappa shape index (κ3) is 3.97. The van der Waals surface area contributed by atoms with Crippen molar-refractivity contribution in [2.24, 2.45) is 5.92 Å². The molecule has 3 aromatic rings. The second-order valence-electron chi connectivity index (χ2n) is 9.04. The number of halogens is 2. The number of rotatable bonds is 7. The zero-order chi connectivity index (χ0) is 23.3. The SMILES string of the molecule is CC(=O)c1cn(CC(=O)N2[C@@H]3C[C@@H]3C[C@H]2C(=O)CCc2cccc(Cl)c2F)c2ccccc12. The normalized spacial score (nSPS) is 21.3. The van der Waals surface area contributed by atoms with Gasteiger partial charge >= 0.3 is 0 Å². The second kappa shape index (κ2) is 8.41. The molecule has 33 heavy (non-hydrogen) atoms. The van der Waals surface area contributed by atoms with Crippen molar-refractivity contribution in [1.29, 1.82) is 0 Å². The number of aromatic nitrogens is 1. The van der Waals surface area contributed by atoms with E-state index in [1.807, 2.05) is 24.3 Å². The number of benzene rings is 2. The molecule has 1 saturated heterocycles. The molecule has 1 aliphatic heterocycles. The van der Waals surface area contributed by atoms with Gasteiger partial charge in [-0.25, -0.2) is 4.39 Å². The molecular formula is C26H24ClFN2O3. The zero-order valence-electron chi connectivity index (χ0n) is 18.3. The molecule has 1 aliphatic carbocycles. The minimum atomic E-state index is -0.491. The fourth-order valence-electron chi connectivity index (χ4n) is 5.15. The van der Waals surface area contributed by atoms with E-state index in [1.165, 1.54) is 13.0 Å². The molecule has 1 aromatic heterocycles. The van der Waals surface area contributed by atoms with Crippen LogP contribution in [0.2, 0.25) is 5.02 Å². The van der Waals surface area contributed by atoms with Crippen LogP contribution >= 0.6 is 11.6 Å². The minimum Gasteiger partial charge on any atom is -0.337 e. The molecule has 5 nitrogen and oxygen atoms in total. The van der Waals surface area contributed by atoms with Crippen LogP contribution in [0.25, 0.3) is 10.9 Å². The van der Waals surface area contributed by atoms with E-state index in [4.69, 9.17) is 11.6 Å². The summed E-state index contributed by atoms with van der Waals surface area (Å²) in [5.74, 6) is -0.350. The van der Waals surface area contributed by atoms with E-state index >= 15 is 0 Å². The summed E-state index contributed by atoms with van der Waals surface area (Å²) in [6.07, 6.45) is 3.72. The molecule has 2 aromatic carbocycles. The van der Waals surface area contributed by atoms with Crippen molar-refractivity contribution in [3.05, 3.63) is 70.6 Å². The Hall–Kier alpha value is -2.99. The van der Waals surface area contributed by atoms with Gasteiger partial charge in [0.1, 0.15) is 12.4 Å². The van der Waals surface area contributed by atoms with Gasteiger partial charge in [-0.3, -0.25) is 14.4 Å². The van der Waals surface area contributed by atoms with Gasteiger partial charge in [0.25, 0.3) is 0 Å². The lowest BCUT2D eigenvalue weighted by molar-refractivity contribution is -0.139. The van der Waals surface area contributed by atoms with Crippen LogP contribution < -0.4 is 0 Å². The standard InChI is InChI=1S/C26H24ClFN2O3/c1-15(31)19-13-29(21-8-3-2-6-18(19)21)14-25(33)30-22-11-17(22)12-23(30)24(32)10-9-16-5-4-7-20(27)26(16)28/h2-8,13,17,22-23H,9-12,14H2,1H3/t17-,22-,23+/m1/s1. The Balaban J connectivity index is 1.33. The van der Waals surface area contributed by atoms with Crippen LogP contribution in [-0.2, 0) is 22.6 Å². The average molecular weight is 467 g/mol. The van der Waals surface area contributed by atoms with Crippen LogP contribution in [0.3, 0.4) is 0 Å². The molecule has 0 unspecified atom stereocenters. The zero-order valence-corrected chi connectivity index (χ0v) is 19.0. The van der Waals surface area contributed by atoms with Crippen molar-refractivity contribution in [3.8, 4) is 0 Å². The van der Waals surface area contributed by atoms with Crippen molar-refractivity contribution in [1.82, 2.24) is 9.47 Å². The molecule has 5 rings (SSSR count). The number of carbonyl (C=O) groups is 3. The molecule has 0 bridgehead atoms. The maximum absolute atomic E-state index is 14.2. The highest BCUT2D eigenvalue weighted by Crippen LogP contribution is 2.48. The Bertz CT molecular complexity index is 1280. The highest BCUT2D eigenvalue weighted by atomic mass is 35.5. The van der Waals surface area contributed by atoms with Crippen LogP contribution in [0.4, 0.5) is 4.39 Å². The van der Waals surface area contributed by atoms with Gasteiger partial charge in [0.05, 0.1) is 11.1 Å². The first-order chi connectivity index (χ1) is 15.8. The summed E-state index contributed by atoms with van der Waals surface area (Å²) >= 11 is 5.85. The first-order valence-electron chi connectivity index (χ1n) is 11.2. The molecule has 2 fully saturated rings. The predicted octanol–water partition coefficient (Wildman–Crippen LogP) is 4.83. The third-order valence-electron chi connectivity index (χ3n) is 6.91. The molecule has 2 heterocycles. The van der Waals surface area contributed by atoms with Gasteiger partial charge in [-0.15, -0.1) is 0 Å². The van der Waals surface area contributed by atoms with Gasteiger partial charge in [0, 0.05) is 35.1 Å². The average Bonchev–Trinajstić information content (AvgIpc) is 3.30. The van der Waals surface area contributed by atoms with E-state index in [-0.39, 0.29) is 47.9 Å². The highest BCUT2D eigenvalue weighted by Gasteiger charge is 2.55. The summed E-state index contributed by atoms with van der Waals surface area (Å²) in [6, 6.07) is 11.9. The van der Waals surface area contributed by atoms with Crippen LogP contribution in [0, 0.1) is 11.7 Å². The third-order valence-corrected chi connectivity index (χ3v) is 7.20. The molecule has 170 valence electrons. The maximum atomic E-state index is 14.2. The highest BCUT2D eigenvalue weighted by molar-refractivity contribution is 6.30. The lowest BCUT2D eigenvalue weighted by Gasteiger charge is -2.27. The molecule has 7 heteroatoms. The Morgan fingerprint density at radius 1 is 1.09 bits per heavy atom. The van der Waals surface area contributed by atoms with Crippen LogP contribution in [-0.4, -0.2) is 39.0 Å². The second-order valence-corrected chi connectivity index (χ2v) is 9.45. The summed E-state index contributed by atoms with van der Waals surface area (Å²) in [6.45, 7) is 1.59. The number of amides is 1. The number of para-hydroxylation sites is 1. The molecule has 0 N–H and O–H groups in total. The van der Waals surface area contributed by atoms with Gasteiger partial charge in [-0.1, -0.05) is 41.9 Å². The van der Waals surface area contributed by atoms with Crippen molar-refractivity contribution in [3.63, 3.8) is 0 Å². The Morgan fingerprint density at radius 3 is 2.67 bits per heavy atom. The monoisotopic (exact) mass is 466 g/mol. The number of hydrogen-bond donors (Lipinski definition) is 0. The molecule has 1 amide bonds. The fraction of sp³-hybridized carbons (Fsp3) is 0.346. The molecular weight excluding hydrogens is 443 g/mol. The van der Waals surface area contributed by atoms with Crippen molar-refractivity contribution >= 4 is 40.0 Å². The van der Waals surface area contributed by atoms with E-state index in [0.717, 1.165) is 17.3 Å². The van der Waals surface area contributed by atoms with Gasteiger partial charge in [0.15, 0.2) is 11.6 Å². The van der Waals surface area contributed by atoms with Gasteiger partial charge < -0.3 is 9.47 Å². The summed E-state index contributed by atoms with van der Waals surface area (Å²) in [7, 11) is 0. The Labute approximate surface area is 196 Å². The van der Waals surface area contributed by atoms with Crippen LogP contribution in [0.5, 0.6) is 0 Å². The first kappa shape index (κ1) is 21.8. The minimum absolute atomic E-state index is 0.0442. The number of carbonyl (C=O) groups excluding carboxylic acids is 3. The van der Waals surface area contributed by atoms with Gasteiger partial charge in [-0.2, -0.15) is 0 Å². The predicted molar refractivity (Wildman–Crippen MR) is 124 cm³/mol. The maximum Gasteiger partial charge on any atom is 0.243 e. The molecule has 2 aliphatic rings. The lowest BCUT2D eigenvalue weighted by Crippen LogP contribution is -2.44. The number of ketones is 2. The van der Waals surface area contributed by atoms with E-state index in [2.05, 4.69) is 0 Å². The number of piperidine rings is 1. The molecule has 0 radical (unpaired) electrons. The largest absolute Gasteiger partial charge is 0.337 e. The number of fused-ring (bicyclic) bond motifs is 2. The van der Waals surface area contributed by atoms with Gasteiger partial charge in [-0.05, 0) is 49.8 Å². The van der Waals surface area contributed by atoms with Crippen LogP contribution in [0.15, 0.2) is 48.7 Å². The van der Waals surface area contributed by atoms with Crippen molar-refractivity contribution < 1.29 is 18.8 Å². The summed E-state index contributed by atoms with van der Waals surface area (Å²) < 4.78 is 16.0. The smallest absolute Gasteiger partial charge is 0.243 e. The molecule has 0 spiro atoms. The van der Waals surface area contributed by atoms with E-state index in [0.29, 0.717) is 23.5 Å². The van der Waals surface area contributed by atoms with E-state index in [9.17, 15) is 18.8 Å². The Morgan fingerprint density at radius 2 is 1.88 bits per heavy atom. The number of Topliss-reactive ketones (excluding diaryl/α,β-unsaturated/α-hetero) is 2. The molecule has 1 saturated carbocycles. The number of likely N-dealkylation sites (tertiary alicyclic amines) is 1. The molecule has 3 atom stereocenters. The lowest BCUT2D eigenvalue weighted by atomic mass is 10.00. The number of aryl methyl sites for hydroxylation is 1. The Kier molecular flexibility index (Phi) is 5.57. The number of nitrogens with zero attached hydrogens (tertiary/aromatic N) is 2. The van der Waals surface area contributed by atoms with Crippen molar-refractivity contribution in [2.45, 2.75) is 51.2 Å². The summed E-state index contributed by atoms with van der Waals surface area (Å²) in [4.78, 5) is 40.2. The van der Waals surface area contributed by atoms with E-state index in [1.54, 1.807) is 27.8 Å². The topological polar surface area (TPSA) is 59.4 Å². The van der Waals surface area contributed by atoms with Gasteiger partial charge in [0.2, 0.25) is 5.91 Å². The first-order valence-corrected chi connectivity index (χ1v) is 11.6. The van der Waals surface area contributed by atoms with Crippen LogP contribution in [0.1, 0.15) is 42.1 Å². The summed E-state index contributed by atoms with van der Waals surface area (Å²) in [5, 5.41) is 0.863. The quantitative estimate of drug-likeness (QED) is 0.469. The fourth-order valence-corrected chi connectivity index (χ4v) is 5.35. The summed E-state index contributed by atoms with van der Waals surface area (Å²) in [5.41, 5.74) is 1.81. The van der Waals surface area contributed by atoms with E-state index < -0.39 is 11.9 Å². The number of hydrogen-bond acceptors (Lipinski definition) is 3. The van der Waals surface area contributed by atoms with Crippen molar-refractivity contribution in [2.75, 3.05) is 0 Å².